The largest absolute Gasteiger partial charge is 0.497 e. The molecule has 7 heteroatoms. The third-order valence-electron chi connectivity index (χ3n) is 4.09. The summed E-state index contributed by atoms with van der Waals surface area (Å²) in [6.07, 6.45) is 2.38. The summed E-state index contributed by atoms with van der Waals surface area (Å²) in [6, 6.07) is 7.67. The van der Waals surface area contributed by atoms with E-state index in [2.05, 4.69) is 15.5 Å². The minimum Gasteiger partial charge on any atom is -0.497 e. The smallest absolute Gasteiger partial charge is 0.233 e. The van der Waals surface area contributed by atoms with Crippen LogP contribution in [0.1, 0.15) is 37.1 Å². The summed E-state index contributed by atoms with van der Waals surface area (Å²) in [6.45, 7) is 2.39. The maximum Gasteiger partial charge on any atom is 0.233 e. The molecule has 1 amide bonds. The first-order valence-electron chi connectivity index (χ1n) is 8.05. The Bertz CT molecular complexity index is 710. The second kappa shape index (κ2) is 7.25. The standard InChI is InChI=1S/C17H22N4O2S/c1-11(24-17-20-19-15(21(17)2)13-6-7-13)16(22)18-10-12-4-8-14(23-3)9-5-12/h4-5,8-9,11,13H,6-7,10H2,1-3H3,(H,18,22). The SMILES string of the molecule is COc1ccc(CNC(=O)C(C)Sc2nnc(C3CC3)n2C)cc1. The summed E-state index contributed by atoms with van der Waals surface area (Å²) in [5.41, 5.74) is 1.04. The van der Waals surface area contributed by atoms with Gasteiger partial charge in [0.25, 0.3) is 0 Å². The van der Waals surface area contributed by atoms with Crippen LogP contribution in [0.25, 0.3) is 0 Å². The number of hydrogen-bond acceptors (Lipinski definition) is 5. The monoisotopic (exact) mass is 346 g/mol. The van der Waals surface area contributed by atoms with Gasteiger partial charge in [0.15, 0.2) is 5.16 Å². The van der Waals surface area contributed by atoms with E-state index in [9.17, 15) is 4.79 Å². The van der Waals surface area contributed by atoms with Crippen LogP contribution in [0.15, 0.2) is 29.4 Å². The zero-order valence-corrected chi connectivity index (χ0v) is 15.0. The van der Waals surface area contributed by atoms with E-state index < -0.39 is 0 Å². The van der Waals surface area contributed by atoms with Crippen LogP contribution in [0.4, 0.5) is 0 Å². The maximum atomic E-state index is 12.3. The van der Waals surface area contributed by atoms with E-state index in [4.69, 9.17) is 4.74 Å². The van der Waals surface area contributed by atoms with Crippen molar-refractivity contribution in [3.8, 4) is 5.75 Å². The molecule has 0 radical (unpaired) electrons. The molecule has 1 aliphatic rings. The van der Waals surface area contributed by atoms with E-state index in [1.165, 1.54) is 24.6 Å². The lowest BCUT2D eigenvalue weighted by Gasteiger charge is -2.12. The Labute approximate surface area is 146 Å². The third kappa shape index (κ3) is 3.90. The van der Waals surface area contributed by atoms with Gasteiger partial charge in [-0.05, 0) is 37.5 Å². The second-order valence-electron chi connectivity index (χ2n) is 6.00. The van der Waals surface area contributed by atoms with Crippen molar-refractivity contribution in [1.29, 1.82) is 0 Å². The number of hydrogen-bond donors (Lipinski definition) is 1. The van der Waals surface area contributed by atoms with Crippen LogP contribution in [0.3, 0.4) is 0 Å². The van der Waals surface area contributed by atoms with Crippen molar-refractivity contribution in [3.63, 3.8) is 0 Å². The van der Waals surface area contributed by atoms with Gasteiger partial charge in [-0.2, -0.15) is 0 Å². The Kier molecular flexibility index (Phi) is 5.08. The number of nitrogens with zero attached hydrogens (tertiary/aromatic N) is 3. The maximum absolute atomic E-state index is 12.3. The number of amides is 1. The zero-order chi connectivity index (χ0) is 17.1. The fourth-order valence-electron chi connectivity index (χ4n) is 2.41. The van der Waals surface area contributed by atoms with E-state index in [1.54, 1.807) is 7.11 Å². The molecular formula is C17H22N4O2S. The molecule has 0 bridgehead atoms. The molecule has 1 saturated carbocycles. The Hall–Kier alpha value is -2.02. The number of methoxy groups -OCH3 is 1. The highest BCUT2D eigenvalue weighted by Gasteiger charge is 2.30. The van der Waals surface area contributed by atoms with Crippen molar-refractivity contribution in [2.45, 2.75) is 42.6 Å². The number of aromatic nitrogens is 3. The molecule has 2 aromatic rings. The predicted octanol–water partition coefficient (Wildman–Crippen LogP) is 2.50. The molecule has 0 aliphatic heterocycles. The third-order valence-corrected chi connectivity index (χ3v) is 5.22. The van der Waals surface area contributed by atoms with Gasteiger partial charge < -0.3 is 14.6 Å². The predicted molar refractivity (Wildman–Crippen MR) is 93.1 cm³/mol. The lowest BCUT2D eigenvalue weighted by molar-refractivity contribution is -0.120. The number of ether oxygens (including phenoxy) is 1. The molecule has 24 heavy (non-hydrogen) atoms. The van der Waals surface area contributed by atoms with Gasteiger partial charge in [-0.3, -0.25) is 4.79 Å². The van der Waals surface area contributed by atoms with Crippen LogP contribution < -0.4 is 10.1 Å². The Morgan fingerprint density at radius 1 is 1.38 bits per heavy atom. The van der Waals surface area contributed by atoms with Gasteiger partial charge in [-0.1, -0.05) is 23.9 Å². The molecule has 1 aromatic carbocycles. The summed E-state index contributed by atoms with van der Waals surface area (Å²) in [5.74, 6) is 2.38. The number of carbonyl (C=O) groups excluding carboxylic acids is 1. The first-order chi connectivity index (χ1) is 11.6. The molecule has 128 valence electrons. The number of carbonyl (C=O) groups is 1. The number of benzene rings is 1. The molecule has 3 rings (SSSR count). The summed E-state index contributed by atoms with van der Waals surface area (Å²) in [7, 11) is 3.61. The van der Waals surface area contributed by atoms with E-state index >= 15 is 0 Å². The molecule has 1 aromatic heterocycles. The topological polar surface area (TPSA) is 69.0 Å². The average molecular weight is 346 g/mol. The van der Waals surface area contributed by atoms with Crippen molar-refractivity contribution in [3.05, 3.63) is 35.7 Å². The average Bonchev–Trinajstić information content (AvgIpc) is 3.38. The Morgan fingerprint density at radius 3 is 2.71 bits per heavy atom. The van der Waals surface area contributed by atoms with Crippen molar-refractivity contribution in [1.82, 2.24) is 20.1 Å². The highest BCUT2D eigenvalue weighted by atomic mass is 32.2. The van der Waals surface area contributed by atoms with Crippen LogP contribution >= 0.6 is 11.8 Å². The molecule has 6 nitrogen and oxygen atoms in total. The van der Waals surface area contributed by atoms with Crippen LogP contribution in [0.5, 0.6) is 5.75 Å². The van der Waals surface area contributed by atoms with Gasteiger partial charge in [-0.25, -0.2) is 0 Å². The number of thioether (sulfide) groups is 1. The van der Waals surface area contributed by atoms with E-state index in [1.807, 2.05) is 42.8 Å². The van der Waals surface area contributed by atoms with Crippen LogP contribution in [-0.2, 0) is 18.4 Å². The lowest BCUT2D eigenvalue weighted by atomic mass is 10.2. The van der Waals surface area contributed by atoms with E-state index in [0.29, 0.717) is 12.5 Å². The lowest BCUT2D eigenvalue weighted by Crippen LogP contribution is -2.30. The summed E-state index contributed by atoms with van der Waals surface area (Å²) in [5, 5.41) is 12.0. The molecule has 1 aliphatic carbocycles. The van der Waals surface area contributed by atoms with Crippen molar-refractivity contribution >= 4 is 17.7 Å². The van der Waals surface area contributed by atoms with Gasteiger partial charge in [0.1, 0.15) is 11.6 Å². The second-order valence-corrected chi connectivity index (χ2v) is 7.31. The highest BCUT2D eigenvalue weighted by Crippen LogP contribution is 2.39. The van der Waals surface area contributed by atoms with Crippen molar-refractivity contribution in [2.24, 2.45) is 7.05 Å². The zero-order valence-electron chi connectivity index (χ0n) is 14.2. The van der Waals surface area contributed by atoms with Gasteiger partial charge in [0, 0.05) is 19.5 Å². The van der Waals surface area contributed by atoms with Crippen LogP contribution in [-0.4, -0.2) is 33.0 Å². The Balaban J connectivity index is 1.52. The summed E-state index contributed by atoms with van der Waals surface area (Å²) >= 11 is 1.44. The molecule has 1 atom stereocenters. The number of nitrogens with one attached hydrogen (secondary N) is 1. The van der Waals surface area contributed by atoms with Gasteiger partial charge >= 0.3 is 0 Å². The highest BCUT2D eigenvalue weighted by molar-refractivity contribution is 8.00. The molecule has 1 fully saturated rings. The fourth-order valence-corrected chi connectivity index (χ4v) is 3.26. The first-order valence-corrected chi connectivity index (χ1v) is 8.93. The minimum absolute atomic E-state index is 0.00760. The van der Waals surface area contributed by atoms with Gasteiger partial charge in [0.05, 0.1) is 12.4 Å². The van der Waals surface area contributed by atoms with Crippen LogP contribution in [0, 0.1) is 0 Å². The fraction of sp³-hybridized carbons (Fsp3) is 0.471. The molecule has 0 saturated heterocycles. The molecule has 0 spiro atoms. The van der Waals surface area contributed by atoms with Gasteiger partial charge in [-0.15, -0.1) is 10.2 Å². The molecular weight excluding hydrogens is 324 g/mol. The molecule has 1 unspecified atom stereocenters. The minimum atomic E-state index is -0.224. The van der Waals surface area contributed by atoms with Crippen molar-refractivity contribution in [2.75, 3.05) is 7.11 Å². The summed E-state index contributed by atoms with van der Waals surface area (Å²) < 4.78 is 7.14. The van der Waals surface area contributed by atoms with Crippen LogP contribution in [0.2, 0.25) is 0 Å². The van der Waals surface area contributed by atoms with Crippen molar-refractivity contribution < 1.29 is 9.53 Å². The van der Waals surface area contributed by atoms with E-state index in [0.717, 1.165) is 22.3 Å². The quantitative estimate of drug-likeness (QED) is 0.780. The molecule has 1 heterocycles. The summed E-state index contributed by atoms with van der Waals surface area (Å²) in [4.78, 5) is 12.3. The Morgan fingerprint density at radius 2 is 2.08 bits per heavy atom. The van der Waals surface area contributed by atoms with E-state index in [-0.39, 0.29) is 11.2 Å². The van der Waals surface area contributed by atoms with Gasteiger partial charge in [0.2, 0.25) is 5.91 Å². The first kappa shape index (κ1) is 16.8. The molecule has 1 N–H and O–H groups in total. The normalized spacial score (nSPS) is 15.1. The number of rotatable bonds is 7.